The van der Waals surface area contributed by atoms with E-state index in [1.54, 1.807) is 0 Å². The zero-order valence-corrected chi connectivity index (χ0v) is 7.02. The molecule has 0 aromatic carbocycles. The number of hydrogen-bond donors (Lipinski definition) is 0. The van der Waals surface area contributed by atoms with Gasteiger partial charge in [0, 0.05) is 0 Å². The number of rotatable bonds is 4. The third-order valence-electron chi connectivity index (χ3n) is 0.906. The van der Waals surface area contributed by atoms with Gasteiger partial charge in [-0.2, -0.15) is 0 Å². The molecule has 0 spiro atoms. The molecule has 0 aliphatic rings. The second-order valence-corrected chi connectivity index (χ2v) is 3.33. The molecule has 0 N–H and O–H groups in total. The molecule has 58 valence electrons. The Balaban J connectivity index is -0.000000320. The van der Waals surface area contributed by atoms with Crippen molar-refractivity contribution in [3.8, 4) is 0 Å². The molecule has 0 aliphatic heterocycles. The van der Waals surface area contributed by atoms with Crippen LogP contribution < -0.4 is 0 Å². The average molecular weight is 198 g/mol. The van der Waals surface area contributed by atoms with Crippen molar-refractivity contribution in [2.24, 2.45) is 0 Å². The summed E-state index contributed by atoms with van der Waals surface area (Å²) in [5, 5.41) is 0. The van der Waals surface area contributed by atoms with Crippen molar-refractivity contribution in [1.29, 1.82) is 0 Å². The summed E-state index contributed by atoms with van der Waals surface area (Å²) in [6, 6.07) is 0. The van der Waals surface area contributed by atoms with Crippen molar-refractivity contribution < 1.29 is 13.6 Å². The van der Waals surface area contributed by atoms with Crippen LogP contribution in [0.5, 0.6) is 0 Å². The van der Waals surface area contributed by atoms with Crippen LogP contribution in [0.15, 0.2) is 0 Å². The average Bonchev–Trinajstić information content (AvgIpc) is 1.63. The predicted molar refractivity (Wildman–Crippen MR) is 50.8 cm³/mol. The summed E-state index contributed by atoms with van der Waals surface area (Å²) < 4.78 is 15.2. The van der Waals surface area contributed by atoms with Gasteiger partial charge in [-0.25, -0.2) is 4.57 Å². The first kappa shape index (κ1) is 18.7. The quantitative estimate of drug-likeness (QED) is 0.266. The first-order valence-corrected chi connectivity index (χ1v) is 3.54. The molecule has 3 nitrogen and oxygen atoms in total. The Morgan fingerprint density at radius 3 is 2.00 bits per heavy atom. The molecule has 0 heterocycles. The van der Waals surface area contributed by atoms with Gasteiger partial charge in [0.25, 0.3) is 0 Å². The standard InChI is InChI=1S/C5H13NO2P.2Na.2H/c1-6(2,3)4-5-8-9-7;;;;/h4-5H2,1-3H3;;;;/q+1;;;;. The zero-order valence-electron chi connectivity index (χ0n) is 6.13. The van der Waals surface area contributed by atoms with E-state index in [-0.39, 0.29) is 67.8 Å². The zero-order chi connectivity index (χ0) is 7.33. The molecule has 0 aromatic rings. The van der Waals surface area contributed by atoms with Crippen LogP contribution in [0.4, 0.5) is 0 Å². The Morgan fingerprint density at radius 2 is 1.73 bits per heavy atom. The first-order chi connectivity index (χ1) is 4.06. The Morgan fingerprint density at radius 1 is 1.27 bits per heavy atom. The van der Waals surface area contributed by atoms with Crippen molar-refractivity contribution in [3.63, 3.8) is 0 Å². The summed E-state index contributed by atoms with van der Waals surface area (Å²) >= 11 is 0. The summed E-state index contributed by atoms with van der Waals surface area (Å²) in [5.41, 5.74) is 0. The first-order valence-electron chi connectivity index (χ1n) is 2.81. The Hall–Kier alpha value is 2.02. The summed E-state index contributed by atoms with van der Waals surface area (Å²) in [4.78, 5) is 0. The summed E-state index contributed by atoms with van der Waals surface area (Å²) in [6.07, 6.45) is 0. The van der Waals surface area contributed by atoms with Gasteiger partial charge in [-0.05, 0) is 0 Å². The fourth-order valence-electron chi connectivity index (χ4n) is 0.352. The van der Waals surface area contributed by atoms with E-state index in [1.165, 1.54) is 0 Å². The molecule has 6 heteroatoms. The van der Waals surface area contributed by atoms with E-state index in [0.717, 1.165) is 11.0 Å². The third-order valence-corrected chi connectivity index (χ3v) is 1.19. The SMILES string of the molecule is C[N+](C)(C)CCOP=O.[NaH].[NaH]. The molecule has 0 saturated heterocycles. The maximum absolute atomic E-state index is 9.76. The molecule has 0 aliphatic carbocycles. The maximum atomic E-state index is 9.76. The van der Waals surface area contributed by atoms with Crippen molar-refractivity contribution in [2.45, 2.75) is 0 Å². The van der Waals surface area contributed by atoms with Crippen LogP contribution in [-0.2, 0) is 9.09 Å². The fourth-order valence-corrected chi connectivity index (χ4v) is 0.508. The van der Waals surface area contributed by atoms with E-state index in [9.17, 15) is 4.57 Å². The minimum absolute atomic E-state index is 0. The van der Waals surface area contributed by atoms with E-state index in [2.05, 4.69) is 25.7 Å². The van der Waals surface area contributed by atoms with Crippen LogP contribution in [0.25, 0.3) is 0 Å². The van der Waals surface area contributed by atoms with Crippen LogP contribution in [0.3, 0.4) is 0 Å². The number of nitrogens with zero attached hydrogens (tertiary/aromatic N) is 1. The molecule has 0 radical (unpaired) electrons. The van der Waals surface area contributed by atoms with Crippen LogP contribution in [-0.4, -0.2) is 97.9 Å². The minimum atomic E-state index is -0.217. The van der Waals surface area contributed by atoms with Crippen molar-refractivity contribution in [1.82, 2.24) is 0 Å². The molecule has 11 heavy (non-hydrogen) atoms. The van der Waals surface area contributed by atoms with Crippen molar-refractivity contribution >= 4 is 67.8 Å². The second-order valence-electron chi connectivity index (χ2n) is 2.92. The van der Waals surface area contributed by atoms with Gasteiger partial charge in [-0.15, -0.1) is 0 Å². The Bertz CT molecular complexity index is 97.0. The molecule has 0 fully saturated rings. The van der Waals surface area contributed by atoms with E-state index >= 15 is 0 Å². The molecule has 0 rings (SSSR count). The van der Waals surface area contributed by atoms with Crippen LogP contribution in [0.1, 0.15) is 0 Å². The molecule has 0 unspecified atom stereocenters. The number of quaternary nitrogens is 1. The van der Waals surface area contributed by atoms with Gasteiger partial charge in [0.2, 0.25) is 0 Å². The van der Waals surface area contributed by atoms with Crippen molar-refractivity contribution in [2.75, 3.05) is 34.3 Å². The molecular weight excluding hydrogens is 183 g/mol. The number of likely N-dealkylation sites (N-methyl/N-ethyl adjacent to an activating group) is 1. The van der Waals surface area contributed by atoms with Gasteiger partial charge in [0.05, 0.1) is 21.1 Å². The van der Waals surface area contributed by atoms with Crippen LogP contribution in [0.2, 0.25) is 0 Å². The molecule has 0 aromatic heterocycles. The number of hydrogen-bond acceptors (Lipinski definition) is 2. The molecule has 0 bridgehead atoms. The fraction of sp³-hybridized carbons (Fsp3) is 1.00. The van der Waals surface area contributed by atoms with E-state index in [0.29, 0.717) is 6.61 Å². The summed E-state index contributed by atoms with van der Waals surface area (Å²) in [7, 11) is 5.96. The molecular formula is C5H15NNa2O2P+. The predicted octanol–water partition coefficient (Wildman–Crippen LogP) is -0.381. The van der Waals surface area contributed by atoms with Crippen LogP contribution in [0, 0.1) is 0 Å². The van der Waals surface area contributed by atoms with Crippen LogP contribution >= 0.6 is 8.69 Å². The van der Waals surface area contributed by atoms with Gasteiger partial charge in [0.1, 0.15) is 13.2 Å². The van der Waals surface area contributed by atoms with Gasteiger partial charge in [-0.1, -0.05) is 0 Å². The topological polar surface area (TPSA) is 26.3 Å². The van der Waals surface area contributed by atoms with E-state index in [4.69, 9.17) is 0 Å². The molecule has 0 saturated carbocycles. The van der Waals surface area contributed by atoms with Crippen molar-refractivity contribution in [3.05, 3.63) is 0 Å². The normalized spacial score (nSPS) is 10.1. The van der Waals surface area contributed by atoms with E-state index in [1.807, 2.05) is 0 Å². The second kappa shape index (κ2) is 10.1. The van der Waals surface area contributed by atoms with Gasteiger partial charge < -0.3 is 4.48 Å². The Labute approximate surface area is 114 Å². The third kappa shape index (κ3) is 18.8. The monoisotopic (exact) mass is 198 g/mol. The van der Waals surface area contributed by atoms with Gasteiger partial charge in [-0.3, -0.25) is 4.52 Å². The summed E-state index contributed by atoms with van der Waals surface area (Å²) in [6.45, 7) is 1.43. The Kier molecular flexibility index (Phi) is 17.2. The molecule has 0 amide bonds. The summed E-state index contributed by atoms with van der Waals surface area (Å²) in [5.74, 6) is 0. The van der Waals surface area contributed by atoms with E-state index < -0.39 is 0 Å². The van der Waals surface area contributed by atoms with Gasteiger partial charge in [0.15, 0.2) is 0 Å². The van der Waals surface area contributed by atoms with Gasteiger partial charge >= 0.3 is 67.8 Å². The molecule has 0 atom stereocenters.